The molecule has 0 radical (unpaired) electrons. The summed E-state index contributed by atoms with van der Waals surface area (Å²) in [5.41, 5.74) is 4.04. The van der Waals surface area contributed by atoms with Crippen LogP contribution >= 0.6 is 15.0 Å². The molecule has 1 N–H and O–H groups in total. The third kappa shape index (κ3) is 21.3. The number of hydrogen-bond donors (Lipinski definition) is 1. The average Bonchev–Trinajstić information content (AvgIpc) is 3.37. The molecule has 16 heteroatoms. The van der Waals surface area contributed by atoms with Crippen LogP contribution in [0, 0.1) is 18.8 Å². The Labute approximate surface area is 431 Å². The first-order chi connectivity index (χ1) is 33.0. The Morgan fingerprint density at radius 2 is 0.957 bits per heavy atom. The first kappa shape index (κ1) is 63.2. The van der Waals surface area contributed by atoms with Gasteiger partial charge in [-0.2, -0.15) is 6.42 Å². The van der Waals surface area contributed by atoms with Crippen molar-refractivity contribution < 1.29 is 79.9 Å². The third-order valence-corrected chi connectivity index (χ3v) is 14.6. The number of carbonyl (C=O) groups is 1. The first-order valence-electron chi connectivity index (χ1n) is 23.8. The van der Waals surface area contributed by atoms with Crippen LogP contribution in [0.25, 0.3) is 0 Å². The van der Waals surface area contributed by atoms with E-state index in [-0.39, 0.29) is 67.7 Å². The molecule has 4 aromatic carbocycles. The molecule has 2 aliphatic rings. The van der Waals surface area contributed by atoms with Crippen LogP contribution in [0.3, 0.4) is 0 Å². The van der Waals surface area contributed by atoms with E-state index in [1.165, 1.54) is 27.8 Å². The third-order valence-electron chi connectivity index (χ3n) is 11.8. The number of esters is 1. The Morgan fingerprint density at radius 3 is 1.31 bits per heavy atom. The van der Waals surface area contributed by atoms with Crippen molar-refractivity contribution in [2.75, 3.05) is 40.8 Å². The maximum atomic E-state index is 13.0. The van der Waals surface area contributed by atoms with Gasteiger partial charge in [-0.25, -0.2) is 4.79 Å². The van der Waals surface area contributed by atoms with E-state index in [0.29, 0.717) is 26.2 Å². The summed E-state index contributed by atoms with van der Waals surface area (Å²) < 4.78 is 74.6. The molecule has 384 valence electrons. The Bertz CT molecular complexity index is 2070. The quantitative estimate of drug-likeness (QED) is 0.0389. The Balaban J connectivity index is 0.000000404. The standard InChI is InChI=1S/C25H35O7P.C22H26O4.C4H9.C3H9O2P.Li/c1-5-22-19(2)23(30-16-20-12-8-6-9-13-20)24(31-17-21-14-10-7-11-15-21)25(26,32-22)18-33(27,28-3)29-4;1-3-19-16(2)20(24-14-17-10-6-4-7-11-17)21(22(23)26-19)25-15-18-12-8-5-9-13-18;1-3-4-2;1-5-6(2,3)4;/h6-15,19,22-24,26H,5,16-18H2,1-4H3;4-13,16,19-21H,3,14-15H2,1-2H3;1,3-4H2,2H3;1-3H3;/q;;-1;;+1/t19-,22-,23+,24-,25+;16-,19-,20+,21-;;;/m11.../s1. The summed E-state index contributed by atoms with van der Waals surface area (Å²) in [5.74, 6) is -2.26. The summed E-state index contributed by atoms with van der Waals surface area (Å²) in [7, 11) is -1.74. The first-order valence-corrected chi connectivity index (χ1v) is 28.1. The molecule has 70 heavy (non-hydrogen) atoms. The summed E-state index contributed by atoms with van der Waals surface area (Å²) in [5, 5.41) is 11.7. The summed E-state index contributed by atoms with van der Waals surface area (Å²) in [6.07, 6.45) is 0.378. The molecule has 0 bridgehead atoms. The molecule has 0 aromatic heterocycles. The van der Waals surface area contributed by atoms with Crippen LogP contribution in [0.1, 0.15) is 82.6 Å². The van der Waals surface area contributed by atoms with Crippen LogP contribution in [0.4, 0.5) is 0 Å². The Morgan fingerprint density at radius 1 is 0.600 bits per heavy atom. The molecule has 13 nitrogen and oxygen atoms in total. The minimum Gasteiger partial charge on any atom is -0.460 e. The largest absolute Gasteiger partial charge is 1.00 e. The number of aliphatic hydroxyl groups is 1. The molecule has 0 saturated carbocycles. The molecule has 2 fully saturated rings. The zero-order valence-corrected chi connectivity index (χ0v) is 45.3. The minimum absolute atomic E-state index is 0. The van der Waals surface area contributed by atoms with Gasteiger partial charge in [-0.05, 0) is 35.1 Å². The zero-order chi connectivity index (χ0) is 50.9. The topological polar surface area (TPSA) is 155 Å². The van der Waals surface area contributed by atoms with E-state index in [0.717, 1.165) is 35.1 Å². The molecule has 2 aliphatic heterocycles. The normalized spacial score (nSPS) is 24.2. The number of cyclic esters (lactones) is 1. The fourth-order valence-corrected chi connectivity index (χ4v) is 8.78. The Kier molecular flexibility index (Phi) is 29.8. The van der Waals surface area contributed by atoms with Crippen molar-refractivity contribution in [2.24, 2.45) is 11.8 Å². The fourth-order valence-electron chi connectivity index (χ4n) is 7.56. The second kappa shape index (κ2) is 33.0. The van der Waals surface area contributed by atoms with Crippen LogP contribution in [0.2, 0.25) is 0 Å². The molecular formula is C54H79LiO13P2. The molecule has 0 unspecified atom stereocenters. The van der Waals surface area contributed by atoms with E-state index in [9.17, 15) is 19.0 Å². The van der Waals surface area contributed by atoms with Gasteiger partial charge >= 0.3 is 32.4 Å². The van der Waals surface area contributed by atoms with Gasteiger partial charge in [0, 0.05) is 46.5 Å². The molecule has 0 amide bonds. The zero-order valence-electron chi connectivity index (χ0n) is 43.5. The van der Waals surface area contributed by atoms with Gasteiger partial charge in [-0.3, -0.25) is 9.13 Å². The second-order valence-electron chi connectivity index (χ2n) is 17.4. The molecule has 0 aliphatic carbocycles. The van der Waals surface area contributed by atoms with Crippen LogP contribution in [0.15, 0.2) is 121 Å². The number of ether oxygens (including phenoxy) is 6. The number of benzene rings is 4. The molecular weight excluding hydrogens is 925 g/mol. The summed E-state index contributed by atoms with van der Waals surface area (Å²) in [6.45, 7) is 18.3. The van der Waals surface area contributed by atoms with E-state index in [2.05, 4.69) is 25.3 Å². The number of carbonyl (C=O) groups excluding carboxylic acids is 1. The SMILES string of the molecule is CC[C@H]1OC(=O)[C@H](OCc2ccccc2)[C@@H](OCc2ccccc2)[C@@H]1C.CC[C@H]1O[C@@](O)(CP(=O)(OC)OC)[C@H](OCc2ccccc2)[C@@H](OCc2ccccc2)[C@@H]1C.COP(C)(C)=O.[CH2-]CCC.[Li+]. The van der Waals surface area contributed by atoms with Crippen molar-refractivity contribution in [1.29, 1.82) is 0 Å². The van der Waals surface area contributed by atoms with Gasteiger partial charge in [0.15, 0.2) is 13.5 Å². The van der Waals surface area contributed by atoms with Gasteiger partial charge in [0.25, 0.3) is 0 Å². The smallest absolute Gasteiger partial charge is 0.460 e. The van der Waals surface area contributed by atoms with Gasteiger partial charge in [0.2, 0.25) is 5.79 Å². The van der Waals surface area contributed by atoms with Gasteiger partial charge in [0.1, 0.15) is 24.5 Å². The van der Waals surface area contributed by atoms with Crippen molar-refractivity contribution in [3.8, 4) is 0 Å². The van der Waals surface area contributed by atoms with E-state index in [1.807, 2.05) is 142 Å². The molecule has 2 heterocycles. The average molecular weight is 1010 g/mol. The maximum Gasteiger partial charge on any atom is 1.00 e. The van der Waals surface area contributed by atoms with Crippen molar-refractivity contribution in [2.45, 2.75) is 129 Å². The van der Waals surface area contributed by atoms with Crippen molar-refractivity contribution >= 4 is 20.9 Å². The fraction of sp³-hybridized carbons (Fsp3) is 0.519. The van der Waals surface area contributed by atoms with Crippen molar-refractivity contribution in [3.05, 3.63) is 151 Å². The second-order valence-corrected chi connectivity index (χ2v) is 22.5. The van der Waals surface area contributed by atoms with E-state index >= 15 is 0 Å². The van der Waals surface area contributed by atoms with E-state index in [1.54, 1.807) is 13.3 Å². The van der Waals surface area contributed by atoms with Crippen molar-refractivity contribution in [1.82, 2.24) is 0 Å². The molecule has 0 spiro atoms. The van der Waals surface area contributed by atoms with Crippen molar-refractivity contribution in [3.63, 3.8) is 0 Å². The van der Waals surface area contributed by atoms with E-state index < -0.39 is 39.1 Å². The van der Waals surface area contributed by atoms with Gasteiger partial charge in [0.05, 0.1) is 38.6 Å². The number of hydrogen-bond acceptors (Lipinski definition) is 13. The summed E-state index contributed by atoms with van der Waals surface area (Å²) in [6, 6.07) is 39.3. The molecule has 4 aromatic rings. The van der Waals surface area contributed by atoms with Gasteiger partial charge < -0.3 is 54.0 Å². The molecule has 6 rings (SSSR count). The van der Waals surface area contributed by atoms with Crippen LogP contribution in [0.5, 0.6) is 0 Å². The van der Waals surface area contributed by atoms with E-state index in [4.69, 9.17) is 37.5 Å². The van der Waals surface area contributed by atoms with Gasteiger partial charge in [-0.15, -0.1) is 0 Å². The number of unbranched alkanes of at least 4 members (excludes halogenated alkanes) is 1. The minimum atomic E-state index is -3.62. The number of rotatable bonds is 20. The predicted octanol–water partition coefficient (Wildman–Crippen LogP) is 8.70. The predicted molar refractivity (Wildman–Crippen MR) is 272 cm³/mol. The molecule has 9 atom stereocenters. The maximum absolute atomic E-state index is 13.0. The monoisotopic (exact) mass is 1000 g/mol. The van der Waals surface area contributed by atoms with Gasteiger partial charge in [-0.1, -0.05) is 162 Å². The van der Waals surface area contributed by atoms with Crippen LogP contribution in [-0.2, 0) is 82.3 Å². The van der Waals surface area contributed by atoms with Crippen LogP contribution in [-0.4, -0.2) is 94.3 Å². The molecule has 2 saturated heterocycles. The summed E-state index contributed by atoms with van der Waals surface area (Å²) in [4.78, 5) is 12.5. The van der Waals surface area contributed by atoms with Crippen LogP contribution < -0.4 is 18.9 Å². The Hall–Kier alpha value is -2.95. The summed E-state index contributed by atoms with van der Waals surface area (Å²) >= 11 is 0.